The number of nitrogens with one attached hydrogen (secondary N) is 2. The number of aromatic nitrogens is 1. The van der Waals surface area contributed by atoms with Crippen molar-refractivity contribution in [2.24, 2.45) is 0 Å². The van der Waals surface area contributed by atoms with E-state index >= 15 is 0 Å². The topological polar surface area (TPSA) is 71.1 Å². The van der Waals surface area contributed by atoms with Crippen molar-refractivity contribution in [1.29, 1.82) is 0 Å². The van der Waals surface area contributed by atoms with Gasteiger partial charge in [0, 0.05) is 11.8 Å². The van der Waals surface area contributed by atoms with Crippen LogP contribution in [0.1, 0.15) is 21.5 Å². The highest BCUT2D eigenvalue weighted by atomic mass is 16.2. The largest absolute Gasteiger partial charge is 0.343 e. The number of carbonyl (C=O) groups excluding carboxylic acids is 2. The van der Waals surface area contributed by atoms with Gasteiger partial charge in [0.15, 0.2) is 0 Å². The number of hydrogen-bond donors (Lipinski definition) is 2. The second-order valence-electron chi connectivity index (χ2n) is 4.74. The predicted octanol–water partition coefficient (Wildman–Crippen LogP) is 2.07. The van der Waals surface area contributed by atoms with Crippen LogP contribution in [0.5, 0.6) is 0 Å². The SMILES string of the molecule is Cc1ccc(C(=O)NCC(=O)Nc2ccccn2)cc1C. The summed E-state index contributed by atoms with van der Waals surface area (Å²) in [5, 5.41) is 5.19. The first-order valence-electron chi connectivity index (χ1n) is 6.62. The Bertz CT molecular complexity index is 654. The van der Waals surface area contributed by atoms with E-state index in [9.17, 15) is 9.59 Å². The molecule has 2 amide bonds. The Kier molecular flexibility index (Phi) is 4.66. The molecule has 108 valence electrons. The van der Waals surface area contributed by atoms with Gasteiger partial charge in [-0.15, -0.1) is 0 Å². The maximum absolute atomic E-state index is 12.0. The van der Waals surface area contributed by atoms with E-state index in [0.29, 0.717) is 11.4 Å². The van der Waals surface area contributed by atoms with Gasteiger partial charge in [-0.2, -0.15) is 0 Å². The van der Waals surface area contributed by atoms with Crippen molar-refractivity contribution in [3.8, 4) is 0 Å². The first-order valence-corrected chi connectivity index (χ1v) is 6.62. The molecule has 0 fully saturated rings. The zero-order chi connectivity index (χ0) is 15.2. The molecule has 0 atom stereocenters. The molecular weight excluding hydrogens is 266 g/mol. The first-order chi connectivity index (χ1) is 10.1. The molecule has 2 aromatic rings. The van der Waals surface area contributed by atoms with Crippen LogP contribution in [-0.4, -0.2) is 23.3 Å². The molecule has 0 spiro atoms. The molecule has 1 aromatic heterocycles. The summed E-state index contributed by atoms with van der Waals surface area (Å²) in [6.45, 7) is 3.83. The van der Waals surface area contributed by atoms with E-state index < -0.39 is 0 Å². The quantitative estimate of drug-likeness (QED) is 0.902. The van der Waals surface area contributed by atoms with Crippen molar-refractivity contribution in [3.05, 3.63) is 59.3 Å². The lowest BCUT2D eigenvalue weighted by Crippen LogP contribution is -2.33. The van der Waals surface area contributed by atoms with Crippen LogP contribution in [0.2, 0.25) is 0 Å². The summed E-state index contributed by atoms with van der Waals surface area (Å²) in [5.41, 5.74) is 2.71. The molecule has 0 aliphatic carbocycles. The molecule has 1 aromatic carbocycles. The molecule has 0 radical (unpaired) electrons. The molecule has 1 heterocycles. The van der Waals surface area contributed by atoms with Gasteiger partial charge >= 0.3 is 0 Å². The Morgan fingerprint density at radius 2 is 1.90 bits per heavy atom. The molecule has 0 saturated heterocycles. The van der Waals surface area contributed by atoms with Gasteiger partial charge in [-0.25, -0.2) is 4.98 Å². The number of anilines is 1. The number of carbonyl (C=O) groups is 2. The van der Waals surface area contributed by atoms with Gasteiger partial charge in [0.25, 0.3) is 5.91 Å². The Balaban J connectivity index is 1.89. The lowest BCUT2D eigenvalue weighted by atomic mass is 10.1. The number of amides is 2. The monoisotopic (exact) mass is 283 g/mol. The van der Waals surface area contributed by atoms with Gasteiger partial charge in [-0.3, -0.25) is 9.59 Å². The average Bonchev–Trinajstić information content (AvgIpc) is 2.48. The zero-order valence-corrected chi connectivity index (χ0v) is 12.0. The minimum Gasteiger partial charge on any atom is -0.343 e. The third-order valence-corrected chi connectivity index (χ3v) is 3.11. The highest BCUT2D eigenvalue weighted by Gasteiger charge is 2.09. The summed E-state index contributed by atoms with van der Waals surface area (Å²) in [5.74, 6) is -0.122. The van der Waals surface area contributed by atoms with Gasteiger partial charge in [-0.1, -0.05) is 12.1 Å². The minimum absolute atomic E-state index is 0.0949. The number of aryl methyl sites for hydroxylation is 2. The van der Waals surface area contributed by atoms with E-state index in [2.05, 4.69) is 15.6 Å². The molecule has 2 rings (SSSR count). The summed E-state index contributed by atoms with van der Waals surface area (Å²) in [6, 6.07) is 10.7. The van der Waals surface area contributed by atoms with E-state index in [1.54, 1.807) is 36.5 Å². The smallest absolute Gasteiger partial charge is 0.251 e. The molecule has 0 saturated carbocycles. The van der Waals surface area contributed by atoms with Crippen LogP contribution < -0.4 is 10.6 Å². The molecule has 2 N–H and O–H groups in total. The van der Waals surface area contributed by atoms with Gasteiger partial charge < -0.3 is 10.6 Å². The normalized spacial score (nSPS) is 10.0. The number of rotatable bonds is 4. The Morgan fingerprint density at radius 1 is 1.10 bits per heavy atom. The van der Waals surface area contributed by atoms with Gasteiger partial charge in [-0.05, 0) is 49.2 Å². The fraction of sp³-hybridized carbons (Fsp3) is 0.188. The van der Waals surface area contributed by atoms with Crippen molar-refractivity contribution in [2.75, 3.05) is 11.9 Å². The van der Waals surface area contributed by atoms with E-state index in [0.717, 1.165) is 11.1 Å². The van der Waals surface area contributed by atoms with Crippen LogP contribution in [0.4, 0.5) is 5.82 Å². The Hall–Kier alpha value is -2.69. The predicted molar refractivity (Wildman–Crippen MR) is 81.1 cm³/mol. The molecule has 5 heteroatoms. The van der Waals surface area contributed by atoms with Crippen molar-refractivity contribution in [3.63, 3.8) is 0 Å². The molecule has 0 unspecified atom stereocenters. The molecular formula is C16H17N3O2. The lowest BCUT2D eigenvalue weighted by molar-refractivity contribution is -0.115. The van der Waals surface area contributed by atoms with E-state index in [-0.39, 0.29) is 18.4 Å². The third kappa shape index (κ3) is 4.14. The number of benzene rings is 1. The Labute approximate surface area is 123 Å². The number of pyridine rings is 1. The standard InChI is InChI=1S/C16H17N3O2/c1-11-6-7-13(9-12(11)2)16(21)18-10-15(20)19-14-5-3-4-8-17-14/h3-9H,10H2,1-2H3,(H,18,21)(H,17,19,20). The van der Waals surface area contributed by atoms with Crippen molar-refractivity contribution in [1.82, 2.24) is 10.3 Å². The summed E-state index contributed by atoms with van der Waals surface area (Å²) < 4.78 is 0. The Morgan fingerprint density at radius 3 is 2.57 bits per heavy atom. The van der Waals surface area contributed by atoms with Gasteiger partial charge in [0.1, 0.15) is 5.82 Å². The molecule has 0 aliphatic rings. The summed E-state index contributed by atoms with van der Waals surface area (Å²) in [6.07, 6.45) is 1.59. The molecule has 0 aliphatic heterocycles. The van der Waals surface area contributed by atoms with Crippen molar-refractivity contribution < 1.29 is 9.59 Å². The fourth-order valence-electron chi connectivity index (χ4n) is 1.77. The third-order valence-electron chi connectivity index (χ3n) is 3.11. The lowest BCUT2D eigenvalue weighted by Gasteiger charge is -2.07. The molecule has 21 heavy (non-hydrogen) atoms. The molecule has 5 nitrogen and oxygen atoms in total. The van der Waals surface area contributed by atoms with Crippen LogP contribution >= 0.6 is 0 Å². The van der Waals surface area contributed by atoms with Crippen LogP contribution in [0.25, 0.3) is 0 Å². The van der Waals surface area contributed by atoms with Crippen LogP contribution in [0.15, 0.2) is 42.6 Å². The highest BCUT2D eigenvalue weighted by Crippen LogP contribution is 2.09. The number of hydrogen-bond acceptors (Lipinski definition) is 3. The second kappa shape index (κ2) is 6.65. The second-order valence-corrected chi connectivity index (χ2v) is 4.74. The van der Waals surface area contributed by atoms with Crippen LogP contribution in [-0.2, 0) is 4.79 Å². The average molecular weight is 283 g/mol. The first kappa shape index (κ1) is 14.7. The summed E-state index contributed by atoms with van der Waals surface area (Å²) in [4.78, 5) is 27.6. The van der Waals surface area contributed by atoms with E-state index in [1.807, 2.05) is 19.9 Å². The summed E-state index contributed by atoms with van der Waals surface area (Å²) in [7, 11) is 0. The maximum Gasteiger partial charge on any atom is 0.251 e. The highest BCUT2D eigenvalue weighted by molar-refractivity contribution is 5.99. The van der Waals surface area contributed by atoms with E-state index in [4.69, 9.17) is 0 Å². The van der Waals surface area contributed by atoms with E-state index in [1.165, 1.54) is 0 Å². The van der Waals surface area contributed by atoms with Crippen molar-refractivity contribution >= 4 is 17.6 Å². The zero-order valence-electron chi connectivity index (χ0n) is 12.0. The maximum atomic E-state index is 12.0. The van der Waals surface area contributed by atoms with Crippen LogP contribution in [0, 0.1) is 13.8 Å². The fourth-order valence-corrected chi connectivity index (χ4v) is 1.77. The summed E-state index contributed by atoms with van der Waals surface area (Å²) >= 11 is 0. The number of nitrogens with zero attached hydrogens (tertiary/aromatic N) is 1. The van der Waals surface area contributed by atoms with Gasteiger partial charge in [0.2, 0.25) is 5.91 Å². The van der Waals surface area contributed by atoms with Gasteiger partial charge in [0.05, 0.1) is 6.54 Å². The molecule has 0 bridgehead atoms. The minimum atomic E-state index is -0.314. The van der Waals surface area contributed by atoms with Crippen molar-refractivity contribution in [2.45, 2.75) is 13.8 Å². The van der Waals surface area contributed by atoms with Crippen LogP contribution in [0.3, 0.4) is 0 Å².